The summed E-state index contributed by atoms with van der Waals surface area (Å²) in [5.41, 5.74) is 1.80. The second kappa shape index (κ2) is 3.67. The van der Waals surface area contributed by atoms with E-state index in [2.05, 4.69) is 30.9 Å². The van der Waals surface area contributed by atoms with Crippen LogP contribution in [0.1, 0.15) is 18.9 Å². The molecule has 14 heavy (non-hydrogen) atoms. The predicted octanol–water partition coefficient (Wildman–Crippen LogP) is 2.43. The maximum atomic E-state index is 5.18. The summed E-state index contributed by atoms with van der Waals surface area (Å²) in [6, 6.07) is 0. The van der Waals surface area contributed by atoms with Gasteiger partial charge in [0.25, 0.3) is 0 Å². The fourth-order valence-corrected chi connectivity index (χ4v) is 1.64. The molecule has 4 nitrogen and oxygen atoms in total. The Morgan fingerprint density at radius 2 is 2.29 bits per heavy atom. The third kappa shape index (κ3) is 1.53. The molecule has 0 saturated carbocycles. The third-order valence-corrected chi connectivity index (χ3v) is 2.69. The first-order valence-corrected chi connectivity index (χ1v) is 5.03. The number of aromatic amines is 1. The van der Waals surface area contributed by atoms with Crippen LogP contribution in [-0.2, 0) is 4.74 Å². The maximum Gasteiger partial charge on any atom is 0.136 e. The minimum atomic E-state index is -0.0331. The summed E-state index contributed by atoms with van der Waals surface area (Å²) in [5, 5.41) is 0. The van der Waals surface area contributed by atoms with Crippen LogP contribution in [0.2, 0.25) is 0 Å². The van der Waals surface area contributed by atoms with Crippen molar-refractivity contribution in [2.24, 2.45) is 0 Å². The van der Waals surface area contributed by atoms with Gasteiger partial charge in [-0.15, -0.1) is 0 Å². The molecule has 0 amide bonds. The van der Waals surface area contributed by atoms with Crippen molar-refractivity contribution in [1.82, 2.24) is 15.0 Å². The van der Waals surface area contributed by atoms with Crippen LogP contribution in [0.3, 0.4) is 0 Å². The molecule has 2 aromatic heterocycles. The van der Waals surface area contributed by atoms with Crippen molar-refractivity contribution in [2.75, 3.05) is 7.11 Å². The van der Waals surface area contributed by atoms with Gasteiger partial charge in [-0.1, -0.05) is 0 Å². The molecule has 1 N–H and O–H groups in total. The normalized spacial score (nSPS) is 13.4. The second-order valence-electron chi connectivity index (χ2n) is 3.02. The quantitative estimate of drug-likeness (QED) is 0.897. The van der Waals surface area contributed by atoms with Crippen LogP contribution in [0.25, 0.3) is 11.0 Å². The molecule has 0 aliphatic rings. The van der Waals surface area contributed by atoms with Gasteiger partial charge in [-0.05, 0) is 22.9 Å². The van der Waals surface area contributed by atoms with Gasteiger partial charge in [-0.2, -0.15) is 0 Å². The Morgan fingerprint density at radius 3 is 2.93 bits per heavy atom. The Morgan fingerprint density at radius 1 is 1.50 bits per heavy atom. The van der Waals surface area contributed by atoms with Gasteiger partial charge in [0.05, 0.1) is 16.2 Å². The molecular formula is C9H10BrN3O. The highest BCUT2D eigenvalue weighted by molar-refractivity contribution is 9.10. The topological polar surface area (TPSA) is 50.8 Å². The molecule has 0 bridgehead atoms. The molecule has 2 heterocycles. The predicted molar refractivity (Wildman–Crippen MR) is 57.0 cm³/mol. The fraction of sp³-hybridized carbons (Fsp3) is 0.333. The molecule has 2 aromatic rings. The van der Waals surface area contributed by atoms with Crippen molar-refractivity contribution < 1.29 is 4.74 Å². The zero-order chi connectivity index (χ0) is 10.1. The minimum absolute atomic E-state index is 0.0331. The van der Waals surface area contributed by atoms with Crippen molar-refractivity contribution in [3.05, 3.63) is 22.7 Å². The van der Waals surface area contributed by atoms with Gasteiger partial charge in [0.1, 0.15) is 17.4 Å². The van der Waals surface area contributed by atoms with E-state index in [1.165, 1.54) is 0 Å². The van der Waals surface area contributed by atoms with Crippen molar-refractivity contribution >= 4 is 27.0 Å². The monoisotopic (exact) mass is 255 g/mol. The van der Waals surface area contributed by atoms with Crippen LogP contribution in [0.15, 0.2) is 16.9 Å². The largest absolute Gasteiger partial charge is 0.374 e. The van der Waals surface area contributed by atoms with Crippen LogP contribution in [0.4, 0.5) is 0 Å². The average molecular weight is 256 g/mol. The molecule has 0 radical (unpaired) electrons. The lowest BCUT2D eigenvalue weighted by Crippen LogP contribution is -1.97. The standard InChI is InChI=1S/C9H10BrN3O/c1-5(14-2)9-12-7-4-11-3-6(10)8(7)13-9/h3-5H,1-2H3,(H,12,13). The van der Waals surface area contributed by atoms with Crippen LogP contribution >= 0.6 is 15.9 Å². The lowest BCUT2D eigenvalue weighted by atomic mass is 10.4. The third-order valence-electron chi connectivity index (χ3n) is 2.11. The fourth-order valence-electron chi connectivity index (χ4n) is 1.22. The van der Waals surface area contributed by atoms with Gasteiger partial charge < -0.3 is 9.72 Å². The number of ether oxygens (including phenoxy) is 1. The zero-order valence-corrected chi connectivity index (χ0v) is 9.50. The molecule has 74 valence electrons. The van der Waals surface area contributed by atoms with Crippen molar-refractivity contribution in [1.29, 1.82) is 0 Å². The molecule has 1 unspecified atom stereocenters. The van der Waals surface area contributed by atoms with Crippen LogP contribution in [0.5, 0.6) is 0 Å². The number of nitrogens with one attached hydrogen (secondary N) is 1. The summed E-state index contributed by atoms with van der Waals surface area (Å²) in [6.45, 7) is 1.94. The number of fused-ring (bicyclic) bond motifs is 1. The van der Waals surface area contributed by atoms with Gasteiger partial charge in [-0.3, -0.25) is 4.98 Å². The number of H-pyrrole nitrogens is 1. The summed E-state index contributed by atoms with van der Waals surface area (Å²) in [4.78, 5) is 11.6. The summed E-state index contributed by atoms with van der Waals surface area (Å²) >= 11 is 3.40. The number of nitrogens with zero attached hydrogens (tertiary/aromatic N) is 2. The minimum Gasteiger partial charge on any atom is -0.374 e. The van der Waals surface area contributed by atoms with Gasteiger partial charge in [0.15, 0.2) is 0 Å². The number of imidazole rings is 1. The molecule has 2 rings (SSSR count). The molecular weight excluding hydrogens is 246 g/mol. The Labute approximate surface area is 89.8 Å². The Hall–Kier alpha value is -0.940. The zero-order valence-electron chi connectivity index (χ0n) is 7.91. The van der Waals surface area contributed by atoms with Gasteiger partial charge >= 0.3 is 0 Å². The van der Waals surface area contributed by atoms with Crippen molar-refractivity contribution in [3.8, 4) is 0 Å². The number of rotatable bonds is 2. The van der Waals surface area contributed by atoms with Crippen molar-refractivity contribution in [3.63, 3.8) is 0 Å². The Bertz CT molecular complexity index is 454. The number of aromatic nitrogens is 3. The number of halogens is 1. The summed E-state index contributed by atoms with van der Waals surface area (Å²) in [5.74, 6) is 0.816. The molecule has 0 aliphatic heterocycles. The number of pyridine rings is 1. The molecule has 0 saturated heterocycles. The second-order valence-corrected chi connectivity index (χ2v) is 3.87. The smallest absolute Gasteiger partial charge is 0.136 e. The van der Waals surface area contributed by atoms with E-state index in [0.717, 1.165) is 21.3 Å². The molecule has 1 atom stereocenters. The van der Waals surface area contributed by atoms with E-state index in [4.69, 9.17) is 4.74 Å². The van der Waals surface area contributed by atoms with Gasteiger partial charge in [-0.25, -0.2) is 4.98 Å². The molecule has 0 spiro atoms. The lowest BCUT2D eigenvalue weighted by Gasteiger charge is -2.03. The molecule has 0 fully saturated rings. The van der Waals surface area contributed by atoms with Crippen molar-refractivity contribution in [2.45, 2.75) is 13.0 Å². The first kappa shape index (κ1) is 9.61. The molecule has 5 heteroatoms. The highest BCUT2D eigenvalue weighted by atomic mass is 79.9. The van der Waals surface area contributed by atoms with Crippen LogP contribution < -0.4 is 0 Å². The van der Waals surface area contributed by atoms with Crippen LogP contribution in [-0.4, -0.2) is 22.1 Å². The number of methoxy groups -OCH3 is 1. The van der Waals surface area contributed by atoms with E-state index in [1.807, 2.05) is 6.92 Å². The summed E-state index contributed by atoms with van der Waals surface area (Å²) < 4.78 is 6.07. The number of hydrogen-bond acceptors (Lipinski definition) is 3. The van der Waals surface area contributed by atoms with E-state index in [0.29, 0.717) is 0 Å². The summed E-state index contributed by atoms with van der Waals surface area (Å²) in [6.07, 6.45) is 3.44. The first-order valence-electron chi connectivity index (χ1n) is 4.24. The Kier molecular flexibility index (Phi) is 2.52. The van der Waals surface area contributed by atoms with Crippen LogP contribution in [0, 0.1) is 0 Å². The first-order chi connectivity index (χ1) is 6.72. The molecule has 0 aromatic carbocycles. The highest BCUT2D eigenvalue weighted by Crippen LogP contribution is 2.23. The van der Waals surface area contributed by atoms with E-state index >= 15 is 0 Å². The molecule has 0 aliphatic carbocycles. The summed E-state index contributed by atoms with van der Waals surface area (Å²) in [7, 11) is 1.66. The van der Waals surface area contributed by atoms with E-state index in [-0.39, 0.29) is 6.10 Å². The number of hydrogen-bond donors (Lipinski definition) is 1. The van der Waals surface area contributed by atoms with Gasteiger partial charge in [0, 0.05) is 13.3 Å². The highest BCUT2D eigenvalue weighted by Gasteiger charge is 2.11. The average Bonchev–Trinajstić information content (AvgIpc) is 2.62. The van der Waals surface area contributed by atoms with Gasteiger partial charge in [0.2, 0.25) is 0 Å². The van der Waals surface area contributed by atoms with E-state index in [9.17, 15) is 0 Å². The lowest BCUT2D eigenvalue weighted by molar-refractivity contribution is 0.113. The van der Waals surface area contributed by atoms with E-state index in [1.54, 1.807) is 19.5 Å². The van der Waals surface area contributed by atoms with E-state index < -0.39 is 0 Å². The SMILES string of the molecule is COC(C)c1nc2c(Br)cncc2[nH]1. The maximum absolute atomic E-state index is 5.18. The Balaban J connectivity index is 2.56.